The number of sulfonamides is 1. The first-order chi connectivity index (χ1) is 15.8. The van der Waals surface area contributed by atoms with E-state index in [2.05, 4.69) is 14.9 Å². The van der Waals surface area contributed by atoms with Crippen LogP contribution in [-0.4, -0.2) is 28.2 Å². The van der Waals surface area contributed by atoms with Crippen LogP contribution in [0.5, 0.6) is 0 Å². The predicted octanol–water partition coefficient (Wildman–Crippen LogP) is 5.25. The second kappa shape index (κ2) is 8.09. The number of thiophene rings is 1. The van der Waals surface area contributed by atoms with Crippen molar-refractivity contribution in [2.45, 2.75) is 25.7 Å². The van der Waals surface area contributed by atoms with E-state index in [9.17, 15) is 8.42 Å². The Bertz CT molecular complexity index is 1570. The van der Waals surface area contributed by atoms with Crippen LogP contribution in [0.25, 0.3) is 27.6 Å². The van der Waals surface area contributed by atoms with Gasteiger partial charge in [0.15, 0.2) is 11.5 Å². The van der Waals surface area contributed by atoms with E-state index in [1.165, 1.54) is 0 Å². The maximum atomic E-state index is 13.2. The van der Waals surface area contributed by atoms with Gasteiger partial charge in [-0.3, -0.25) is 4.72 Å². The highest BCUT2D eigenvalue weighted by atomic mass is 32.2. The van der Waals surface area contributed by atoms with E-state index in [0.29, 0.717) is 27.7 Å². The normalized spacial score (nSPS) is 11.7. The zero-order chi connectivity index (χ0) is 23.2. The van der Waals surface area contributed by atoms with E-state index in [1.807, 2.05) is 68.6 Å². The highest BCUT2D eigenvalue weighted by Gasteiger charge is 2.20. The molecule has 1 N–H and O–H groups in total. The molecule has 7 nitrogen and oxygen atoms in total. The number of aryl methyl sites for hydroxylation is 3. The number of aromatic nitrogens is 4. The second-order valence-electron chi connectivity index (χ2n) is 7.90. The zero-order valence-corrected chi connectivity index (χ0v) is 19.9. The summed E-state index contributed by atoms with van der Waals surface area (Å²) < 4.78 is 30.8. The highest BCUT2D eigenvalue weighted by molar-refractivity contribution is 7.92. The monoisotopic (exact) mass is 475 g/mol. The maximum absolute atomic E-state index is 13.2. The molecular weight excluding hydrogens is 454 g/mol. The van der Waals surface area contributed by atoms with Gasteiger partial charge in [-0.05, 0) is 67.6 Å². The van der Waals surface area contributed by atoms with Gasteiger partial charge in [0.1, 0.15) is 0 Å². The Morgan fingerprint density at radius 2 is 1.70 bits per heavy atom. The Kier molecular flexibility index (Phi) is 5.22. The Morgan fingerprint density at radius 1 is 0.909 bits per heavy atom. The van der Waals surface area contributed by atoms with Gasteiger partial charge in [-0.2, -0.15) is 9.61 Å². The summed E-state index contributed by atoms with van der Waals surface area (Å²) in [6.07, 6.45) is 0. The molecule has 5 rings (SSSR count). The third kappa shape index (κ3) is 4.01. The lowest BCUT2D eigenvalue weighted by molar-refractivity contribution is 0.600. The summed E-state index contributed by atoms with van der Waals surface area (Å²) in [5.41, 5.74) is 5.04. The summed E-state index contributed by atoms with van der Waals surface area (Å²) in [6.45, 7) is 5.58. The summed E-state index contributed by atoms with van der Waals surface area (Å²) in [5, 5.41) is 15.2. The number of hydrogen-bond donors (Lipinski definition) is 1. The minimum atomic E-state index is -3.75. The molecule has 166 valence electrons. The van der Waals surface area contributed by atoms with E-state index in [-0.39, 0.29) is 0 Å². The van der Waals surface area contributed by atoms with Crippen LogP contribution < -0.4 is 4.72 Å². The molecule has 9 heteroatoms. The van der Waals surface area contributed by atoms with Gasteiger partial charge >= 0.3 is 0 Å². The molecule has 0 radical (unpaired) electrons. The third-order valence-electron chi connectivity index (χ3n) is 5.29. The van der Waals surface area contributed by atoms with Gasteiger partial charge in [0, 0.05) is 11.3 Å². The number of nitrogens with zero attached hydrogens (tertiary/aromatic N) is 4. The lowest BCUT2D eigenvalue weighted by Crippen LogP contribution is -2.16. The molecule has 0 saturated carbocycles. The van der Waals surface area contributed by atoms with Crippen molar-refractivity contribution in [2.75, 3.05) is 4.72 Å². The van der Waals surface area contributed by atoms with E-state index in [1.54, 1.807) is 34.1 Å². The largest absolute Gasteiger partial charge is 0.280 e. The van der Waals surface area contributed by atoms with Crippen molar-refractivity contribution in [3.05, 3.63) is 82.7 Å². The van der Waals surface area contributed by atoms with Crippen molar-refractivity contribution >= 4 is 32.7 Å². The molecule has 0 saturated heterocycles. The minimum absolute atomic E-state index is 0.308. The summed E-state index contributed by atoms with van der Waals surface area (Å²) in [4.78, 5) is 1.28. The molecule has 0 atom stereocenters. The van der Waals surface area contributed by atoms with Crippen molar-refractivity contribution in [3.8, 4) is 22.0 Å². The van der Waals surface area contributed by atoms with Crippen molar-refractivity contribution in [1.29, 1.82) is 0 Å². The van der Waals surface area contributed by atoms with E-state index in [0.717, 1.165) is 27.1 Å². The van der Waals surface area contributed by atoms with Crippen LogP contribution in [0.2, 0.25) is 0 Å². The standard InChI is InChI=1S/C24H21N5O2S2/c1-15-12-16(2)23(17(3)13-15)33(30,31)28-19-7-4-6-18(14-19)20-9-10-22-25-26-24(29(22)27-20)21-8-5-11-32-21/h4-14,28H,1-3H3. The lowest BCUT2D eigenvalue weighted by Gasteiger charge is -2.14. The maximum Gasteiger partial charge on any atom is 0.262 e. The molecule has 3 heterocycles. The Labute approximate surface area is 195 Å². The molecule has 0 fully saturated rings. The van der Waals surface area contributed by atoms with Crippen LogP contribution in [0.4, 0.5) is 5.69 Å². The molecule has 0 aliphatic carbocycles. The number of hydrogen-bond acceptors (Lipinski definition) is 6. The van der Waals surface area contributed by atoms with E-state index in [4.69, 9.17) is 5.10 Å². The fourth-order valence-electron chi connectivity index (χ4n) is 4.04. The molecule has 0 amide bonds. The summed E-state index contributed by atoms with van der Waals surface area (Å²) in [6, 6.07) is 18.6. The number of rotatable bonds is 5. The average Bonchev–Trinajstić information content (AvgIpc) is 3.41. The lowest BCUT2D eigenvalue weighted by atomic mass is 10.1. The second-order valence-corrected chi connectivity index (χ2v) is 10.5. The van der Waals surface area contributed by atoms with Gasteiger partial charge in [0.05, 0.1) is 15.5 Å². The van der Waals surface area contributed by atoms with Crippen LogP contribution in [-0.2, 0) is 10.0 Å². The van der Waals surface area contributed by atoms with Crippen LogP contribution in [0.1, 0.15) is 16.7 Å². The zero-order valence-electron chi connectivity index (χ0n) is 18.3. The van der Waals surface area contributed by atoms with Gasteiger partial charge in [0.2, 0.25) is 0 Å². The Morgan fingerprint density at radius 3 is 2.42 bits per heavy atom. The molecular formula is C24H21N5O2S2. The average molecular weight is 476 g/mol. The Hall–Kier alpha value is -3.56. The molecule has 0 spiro atoms. The van der Waals surface area contributed by atoms with E-state index >= 15 is 0 Å². The van der Waals surface area contributed by atoms with E-state index < -0.39 is 10.0 Å². The number of anilines is 1. The SMILES string of the molecule is Cc1cc(C)c(S(=O)(=O)Nc2cccc(-c3ccc4nnc(-c5cccs5)n4n3)c2)c(C)c1. The van der Waals surface area contributed by atoms with Gasteiger partial charge in [0.25, 0.3) is 10.0 Å². The topological polar surface area (TPSA) is 89.2 Å². The van der Waals surface area contributed by atoms with Crippen LogP contribution in [0, 0.1) is 20.8 Å². The van der Waals surface area contributed by atoms with Crippen molar-refractivity contribution in [1.82, 2.24) is 19.8 Å². The molecule has 33 heavy (non-hydrogen) atoms. The van der Waals surface area contributed by atoms with Gasteiger partial charge < -0.3 is 0 Å². The van der Waals surface area contributed by atoms with Gasteiger partial charge in [-0.1, -0.05) is 35.9 Å². The molecule has 0 bridgehead atoms. The summed E-state index contributed by atoms with van der Waals surface area (Å²) in [7, 11) is -3.75. The fourth-order valence-corrected chi connectivity index (χ4v) is 6.24. The number of nitrogens with one attached hydrogen (secondary N) is 1. The quantitative estimate of drug-likeness (QED) is 0.375. The first-order valence-corrected chi connectivity index (χ1v) is 12.7. The molecule has 5 aromatic rings. The Balaban J connectivity index is 1.51. The smallest absolute Gasteiger partial charge is 0.262 e. The predicted molar refractivity (Wildman–Crippen MR) is 131 cm³/mol. The molecule has 3 aromatic heterocycles. The highest BCUT2D eigenvalue weighted by Crippen LogP contribution is 2.28. The third-order valence-corrected chi connectivity index (χ3v) is 7.84. The number of fused-ring (bicyclic) bond motifs is 1. The number of benzene rings is 2. The van der Waals surface area contributed by atoms with Gasteiger partial charge in [-0.15, -0.1) is 21.5 Å². The van der Waals surface area contributed by atoms with Crippen LogP contribution in [0.15, 0.2) is 70.9 Å². The van der Waals surface area contributed by atoms with Crippen molar-refractivity contribution in [2.24, 2.45) is 0 Å². The first kappa shape index (κ1) is 21.3. The summed E-state index contributed by atoms with van der Waals surface area (Å²) >= 11 is 1.57. The molecule has 2 aromatic carbocycles. The molecule has 0 aliphatic rings. The minimum Gasteiger partial charge on any atom is -0.280 e. The van der Waals surface area contributed by atoms with Crippen molar-refractivity contribution < 1.29 is 8.42 Å². The van der Waals surface area contributed by atoms with Crippen LogP contribution in [0.3, 0.4) is 0 Å². The fraction of sp³-hybridized carbons (Fsp3) is 0.125. The molecule has 0 unspecified atom stereocenters. The first-order valence-electron chi connectivity index (χ1n) is 10.3. The van der Waals surface area contributed by atoms with Crippen LogP contribution >= 0.6 is 11.3 Å². The van der Waals surface area contributed by atoms with Crippen molar-refractivity contribution in [3.63, 3.8) is 0 Å². The summed E-state index contributed by atoms with van der Waals surface area (Å²) in [5.74, 6) is 0.670. The van der Waals surface area contributed by atoms with Gasteiger partial charge in [-0.25, -0.2) is 8.42 Å². The molecule has 0 aliphatic heterocycles.